The minimum atomic E-state index is 0.523. The summed E-state index contributed by atoms with van der Waals surface area (Å²) in [5, 5.41) is 5.14. The molecule has 84 valence electrons. The molecule has 1 aromatic heterocycles. The number of nitrogens with zero attached hydrogens (tertiary/aromatic N) is 1. The van der Waals surface area contributed by atoms with Crippen molar-refractivity contribution in [2.45, 2.75) is 6.54 Å². The van der Waals surface area contributed by atoms with E-state index < -0.39 is 0 Å². The second-order valence-corrected chi connectivity index (χ2v) is 3.93. The first-order valence-electron chi connectivity index (χ1n) is 5.52. The van der Waals surface area contributed by atoms with Crippen molar-refractivity contribution in [2.24, 2.45) is 5.73 Å². The Bertz CT molecular complexity index is 644. The third-order valence-electron chi connectivity index (χ3n) is 2.82. The first-order chi connectivity index (χ1) is 8.38. The molecule has 0 aliphatic heterocycles. The fourth-order valence-corrected chi connectivity index (χ4v) is 1.92. The minimum absolute atomic E-state index is 0.523. The van der Waals surface area contributed by atoms with Crippen LogP contribution in [0.2, 0.25) is 0 Å². The fourth-order valence-electron chi connectivity index (χ4n) is 1.92. The van der Waals surface area contributed by atoms with Crippen LogP contribution in [0.4, 0.5) is 0 Å². The van der Waals surface area contributed by atoms with Gasteiger partial charge in [0.25, 0.3) is 0 Å². The lowest BCUT2D eigenvalue weighted by atomic mass is 10.1. The molecule has 0 spiro atoms. The summed E-state index contributed by atoms with van der Waals surface area (Å²) in [6.07, 6.45) is 0. The summed E-state index contributed by atoms with van der Waals surface area (Å²) in [6, 6.07) is 15.9. The Morgan fingerprint density at radius 1 is 1.06 bits per heavy atom. The van der Waals surface area contributed by atoms with Crippen LogP contribution >= 0.6 is 0 Å². The molecular formula is C14H12N2O. The van der Waals surface area contributed by atoms with Gasteiger partial charge in [-0.3, -0.25) is 0 Å². The van der Waals surface area contributed by atoms with E-state index in [2.05, 4.69) is 5.16 Å². The molecule has 0 bridgehead atoms. The highest BCUT2D eigenvalue weighted by molar-refractivity contribution is 5.91. The van der Waals surface area contributed by atoms with Gasteiger partial charge in [-0.05, 0) is 17.7 Å². The van der Waals surface area contributed by atoms with Crippen molar-refractivity contribution < 1.29 is 4.52 Å². The lowest BCUT2D eigenvalue weighted by Gasteiger charge is -1.98. The summed E-state index contributed by atoms with van der Waals surface area (Å²) in [5.74, 6) is 0. The average molecular weight is 224 g/mol. The molecule has 3 aromatic rings. The second kappa shape index (κ2) is 4.03. The standard InChI is InChI=1S/C14H12N2O/c15-9-10-6-7-13-12(8-10)14(16-17-13)11-4-2-1-3-5-11/h1-8H,9,15H2. The van der Waals surface area contributed by atoms with Crippen LogP contribution in [0.15, 0.2) is 53.1 Å². The molecule has 0 radical (unpaired) electrons. The molecule has 1 heterocycles. The SMILES string of the molecule is NCc1ccc2onc(-c3ccccc3)c2c1. The lowest BCUT2D eigenvalue weighted by Crippen LogP contribution is -1.95. The largest absolute Gasteiger partial charge is 0.356 e. The van der Waals surface area contributed by atoms with E-state index in [1.54, 1.807) is 0 Å². The zero-order valence-corrected chi connectivity index (χ0v) is 9.26. The number of aromatic nitrogens is 1. The first kappa shape index (κ1) is 10.1. The quantitative estimate of drug-likeness (QED) is 0.728. The molecule has 0 atom stereocenters. The van der Waals surface area contributed by atoms with Crippen LogP contribution in [-0.4, -0.2) is 5.16 Å². The van der Waals surface area contributed by atoms with Crippen LogP contribution in [-0.2, 0) is 6.54 Å². The van der Waals surface area contributed by atoms with Crippen molar-refractivity contribution in [2.75, 3.05) is 0 Å². The molecule has 0 amide bonds. The Kier molecular flexibility index (Phi) is 2.38. The van der Waals surface area contributed by atoms with Gasteiger partial charge in [0.2, 0.25) is 0 Å². The van der Waals surface area contributed by atoms with Gasteiger partial charge >= 0.3 is 0 Å². The summed E-state index contributed by atoms with van der Waals surface area (Å²) in [5.41, 5.74) is 9.45. The van der Waals surface area contributed by atoms with E-state index in [1.807, 2.05) is 48.5 Å². The van der Waals surface area contributed by atoms with Crippen LogP contribution in [0.3, 0.4) is 0 Å². The summed E-state index contributed by atoms with van der Waals surface area (Å²) in [6.45, 7) is 0.523. The van der Waals surface area contributed by atoms with Gasteiger partial charge in [-0.2, -0.15) is 0 Å². The molecule has 2 N–H and O–H groups in total. The first-order valence-corrected chi connectivity index (χ1v) is 5.52. The number of fused-ring (bicyclic) bond motifs is 1. The van der Waals surface area contributed by atoms with Gasteiger partial charge in [0.05, 0.1) is 5.39 Å². The van der Waals surface area contributed by atoms with Crippen molar-refractivity contribution in [3.63, 3.8) is 0 Å². The Morgan fingerprint density at radius 3 is 2.65 bits per heavy atom. The van der Waals surface area contributed by atoms with E-state index in [9.17, 15) is 0 Å². The molecule has 2 aromatic carbocycles. The molecule has 0 aliphatic carbocycles. The zero-order chi connectivity index (χ0) is 11.7. The van der Waals surface area contributed by atoms with Crippen molar-refractivity contribution >= 4 is 11.0 Å². The third-order valence-corrected chi connectivity index (χ3v) is 2.82. The van der Waals surface area contributed by atoms with Crippen LogP contribution in [0, 0.1) is 0 Å². The highest BCUT2D eigenvalue weighted by Gasteiger charge is 2.10. The van der Waals surface area contributed by atoms with Gasteiger partial charge in [-0.1, -0.05) is 41.6 Å². The Labute approximate surface area is 98.8 Å². The molecule has 0 aliphatic rings. The van der Waals surface area contributed by atoms with Gasteiger partial charge in [-0.15, -0.1) is 0 Å². The number of nitrogens with two attached hydrogens (primary N) is 1. The molecule has 17 heavy (non-hydrogen) atoms. The predicted octanol–water partition coefficient (Wildman–Crippen LogP) is 2.95. The van der Waals surface area contributed by atoms with E-state index in [0.29, 0.717) is 6.54 Å². The molecule has 0 unspecified atom stereocenters. The summed E-state index contributed by atoms with van der Waals surface area (Å²) in [7, 11) is 0. The second-order valence-electron chi connectivity index (χ2n) is 3.93. The molecule has 3 heteroatoms. The van der Waals surface area contributed by atoms with Crippen molar-refractivity contribution in [3.8, 4) is 11.3 Å². The smallest absolute Gasteiger partial charge is 0.167 e. The van der Waals surface area contributed by atoms with Crippen LogP contribution in [0.1, 0.15) is 5.56 Å². The van der Waals surface area contributed by atoms with Crippen LogP contribution < -0.4 is 5.73 Å². The van der Waals surface area contributed by atoms with Crippen LogP contribution in [0.5, 0.6) is 0 Å². The Hall–Kier alpha value is -2.13. The van der Waals surface area contributed by atoms with Gasteiger partial charge in [0, 0.05) is 12.1 Å². The number of hydrogen-bond acceptors (Lipinski definition) is 3. The highest BCUT2D eigenvalue weighted by atomic mass is 16.5. The number of hydrogen-bond donors (Lipinski definition) is 1. The fraction of sp³-hybridized carbons (Fsp3) is 0.0714. The molecular weight excluding hydrogens is 212 g/mol. The predicted molar refractivity (Wildman–Crippen MR) is 67.3 cm³/mol. The van der Waals surface area contributed by atoms with Crippen molar-refractivity contribution in [1.29, 1.82) is 0 Å². The van der Waals surface area contributed by atoms with Gasteiger partial charge in [-0.25, -0.2) is 0 Å². The Balaban J connectivity index is 2.23. The number of benzene rings is 2. The molecule has 0 saturated carbocycles. The van der Waals surface area contributed by atoms with Crippen LogP contribution in [0.25, 0.3) is 22.2 Å². The maximum absolute atomic E-state index is 5.65. The van der Waals surface area contributed by atoms with E-state index in [1.165, 1.54) is 0 Å². The molecule has 3 rings (SSSR count). The molecule has 3 nitrogen and oxygen atoms in total. The maximum atomic E-state index is 5.65. The summed E-state index contributed by atoms with van der Waals surface area (Å²) in [4.78, 5) is 0. The molecule has 0 saturated heterocycles. The zero-order valence-electron chi connectivity index (χ0n) is 9.26. The normalized spacial score (nSPS) is 10.9. The van der Waals surface area contributed by atoms with E-state index in [0.717, 1.165) is 27.8 Å². The number of rotatable bonds is 2. The monoisotopic (exact) mass is 224 g/mol. The van der Waals surface area contributed by atoms with Gasteiger partial charge in [0.15, 0.2) is 5.58 Å². The van der Waals surface area contributed by atoms with E-state index in [-0.39, 0.29) is 0 Å². The van der Waals surface area contributed by atoms with Crippen molar-refractivity contribution in [3.05, 3.63) is 54.1 Å². The third kappa shape index (κ3) is 1.70. The van der Waals surface area contributed by atoms with E-state index in [4.69, 9.17) is 10.3 Å². The highest BCUT2D eigenvalue weighted by Crippen LogP contribution is 2.28. The molecule has 0 fully saturated rings. The van der Waals surface area contributed by atoms with Gasteiger partial charge < -0.3 is 10.3 Å². The van der Waals surface area contributed by atoms with Gasteiger partial charge in [0.1, 0.15) is 5.69 Å². The summed E-state index contributed by atoms with van der Waals surface area (Å²) >= 11 is 0. The summed E-state index contributed by atoms with van der Waals surface area (Å²) < 4.78 is 5.31. The topological polar surface area (TPSA) is 52.0 Å². The lowest BCUT2D eigenvalue weighted by molar-refractivity contribution is 0.459. The maximum Gasteiger partial charge on any atom is 0.167 e. The average Bonchev–Trinajstić information content (AvgIpc) is 2.82. The van der Waals surface area contributed by atoms with E-state index >= 15 is 0 Å². The minimum Gasteiger partial charge on any atom is -0.356 e. The Morgan fingerprint density at radius 2 is 1.88 bits per heavy atom. The van der Waals surface area contributed by atoms with Crippen molar-refractivity contribution in [1.82, 2.24) is 5.16 Å².